The summed E-state index contributed by atoms with van der Waals surface area (Å²) in [5.74, 6) is 7.99. The van der Waals surface area contributed by atoms with Crippen LogP contribution in [0, 0.1) is 47.1 Å². The van der Waals surface area contributed by atoms with Crippen molar-refractivity contribution >= 4 is 0 Å². The molecule has 3 rings (SSSR count). The van der Waals surface area contributed by atoms with Gasteiger partial charge in [-0.1, -0.05) is 63.7 Å². The van der Waals surface area contributed by atoms with Crippen molar-refractivity contribution < 1.29 is 8.78 Å². The Balaban J connectivity index is 1.38. The Hall–Kier alpha value is -1.36. The molecule has 0 aliphatic heterocycles. The van der Waals surface area contributed by atoms with Crippen molar-refractivity contribution in [3.8, 4) is 11.8 Å². The van der Waals surface area contributed by atoms with Crippen LogP contribution in [-0.2, 0) is 0 Å². The Morgan fingerprint density at radius 3 is 2.14 bits per heavy atom. The Morgan fingerprint density at radius 2 is 1.50 bits per heavy atom. The molecule has 2 fully saturated rings. The van der Waals surface area contributed by atoms with Gasteiger partial charge in [-0.05, 0) is 74.5 Å². The van der Waals surface area contributed by atoms with Crippen LogP contribution in [0.5, 0.6) is 0 Å². The quantitative estimate of drug-likeness (QED) is 0.344. The van der Waals surface area contributed by atoms with E-state index in [1.54, 1.807) is 6.07 Å². The van der Waals surface area contributed by atoms with E-state index in [0.29, 0.717) is 11.5 Å². The SMILES string of the molecule is CCCCCC[C@H]1CC[C@H](C2CCC(C#Cc3ccc(F)c(F)c3)CC2)CC1. The van der Waals surface area contributed by atoms with Crippen LogP contribution in [0.2, 0.25) is 0 Å². The fourth-order valence-corrected chi connectivity index (χ4v) is 5.30. The van der Waals surface area contributed by atoms with E-state index in [1.165, 1.54) is 76.7 Å². The highest BCUT2D eigenvalue weighted by Crippen LogP contribution is 2.42. The number of halogens is 2. The monoisotopic (exact) mass is 386 g/mol. The fourth-order valence-electron chi connectivity index (χ4n) is 5.30. The summed E-state index contributed by atoms with van der Waals surface area (Å²) in [7, 11) is 0. The number of benzene rings is 1. The third-order valence-corrected chi connectivity index (χ3v) is 7.14. The normalized spacial score (nSPS) is 27.8. The van der Waals surface area contributed by atoms with Gasteiger partial charge in [-0.2, -0.15) is 0 Å². The molecule has 0 atom stereocenters. The molecule has 0 nitrogen and oxygen atoms in total. The molecule has 0 amide bonds. The molecular weight excluding hydrogens is 350 g/mol. The summed E-state index contributed by atoms with van der Waals surface area (Å²) in [5, 5.41) is 0. The van der Waals surface area contributed by atoms with Crippen molar-refractivity contribution in [3.63, 3.8) is 0 Å². The summed E-state index contributed by atoms with van der Waals surface area (Å²) < 4.78 is 26.3. The molecule has 0 radical (unpaired) electrons. The first kappa shape index (κ1) is 21.4. The molecule has 2 heteroatoms. The zero-order valence-corrected chi connectivity index (χ0v) is 17.5. The second-order valence-corrected chi connectivity index (χ2v) is 9.14. The highest BCUT2D eigenvalue weighted by molar-refractivity contribution is 5.35. The second-order valence-electron chi connectivity index (χ2n) is 9.14. The van der Waals surface area contributed by atoms with E-state index in [9.17, 15) is 8.78 Å². The van der Waals surface area contributed by atoms with Gasteiger partial charge in [0.1, 0.15) is 0 Å². The third-order valence-electron chi connectivity index (χ3n) is 7.14. The second kappa shape index (κ2) is 11.0. The average Bonchev–Trinajstić information content (AvgIpc) is 2.73. The number of hydrogen-bond donors (Lipinski definition) is 0. The van der Waals surface area contributed by atoms with Crippen LogP contribution in [0.3, 0.4) is 0 Å². The Kier molecular flexibility index (Phi) is 8.38. The lowest BCUT2D eigenvalue weighted by atomic mass is 9.69. The van der Waals surface area contributed by atoms with E-state index in [0.717, 1.165) is 36.7 Å². The smallest absolute Gasteiger partial charge is 0.160 e. The van der Waals surface area contributed by atoms with Crippen molar-refractivity contribution in [3.05, 3.63) is 35.4 Å². The summed E-state index contributed by atoms with van der Waals surface area (Å²) in [5.41, 5.74) is 0.582. The molecule has 0 unspecified atom stereocenters. The predicted molar refractivity (Wildman–Crippen MR) is 113 cm³/mol. The van der Waals surface area contributed by atoms with Crippen molar-refractivity contribution in [2.24, 2.45) is 23.7 Å². The van der Waals surface area contributed by atoms with Gasteiger partial charge in [0, 0.05) is 11.5 Å². The summed E-state index contributed by atoms with van der Waals surface area (Å²) in [6.07, 6.45) is 17.7. The van der Waals surface area contributed by atoms with E-state index in [4.69, 9.17) is 0 Å². The van der Waals surface area contributed by atoms with E-state index in [-0.39, 0.29) is 0 Å². The van der Waals surface area contributed by atoms with Gasteiger partial charge in [0.2, 0.25) is 0 Å². The van der Waals surface area contributed by atoms with Crippen molar-refractivity contribution in [1.29, 1.82) is 0 Å². The molecule has 2 saturated carbocycles. The Morgan fingerprint density at radius 1 is 0.821 bits per heavy atom. The zero-order valence-electron chi connectivity index (χ0n) is 17.5. The topological polar surface area (TPSA) is 0 Å². The molecule has 0 bridgehead atoms. The maximum atomic E-state index is 13.3. The van der Waals surface area contributed by atoms with Gasteiger partial charge in [0.25, 0.3) is 0 Å². The summed E-state index contributed by atoms with van der Waals surface area (Å²) >= 11 is 0. The van der Waals surface area contributed by atoms with Crippen LogP contribution in [0.15, 0.2) is 18.2 Å². The molecule has 0 saturated heterocycles. The largest absolute Gasteiger partial charge is 0.204 e. The lowest BCUT2D eigenvalue weighted by Gasteiger charge is -2.37. The minimum atomic E-state index is -0.809. The molecule has 2 aliphatic carbocycles. The number of hydrogen-bond acceptors (Lipinski definition) is 0. The van der Waals surface area contributed by atoms with Crippen LogP contribution >= 0.6 is 0 Å². The maximum Gasteiger partial charge on any atom is 0.160 e. The summed E-state index contributed by atoms with van der Waals surface area (Å²) in [6.45, 7) is 2.29. The minimum absolute atomic E-state index is 0.416. The molecule has 0 heterocycles. The molecule has 0 N–H and O–H groups in total. The lowest BCUT2D eigenvalue weighted by Crippen LogP contribution is -2.25. The lowest BCUT2D eigenvalue weighted by molar-refractivity contribution is 0.153. The molecular formula is C26H36F2. The van der Waals surface area contributed by atoms with Gasteiger partial charge in [0.05, 0.1) is 0 Å². The van der Waals surface area contributed by atoms with Gasteiger partial charge >= 0.3 is 0 Å². The first-order valence-electron chi connectivity index (χ1n) is 11.6. The van der Waals surface area contributed by atoms with Crippen LogP contribution < -0.4 is 0 Å². The predicted octanol–water partition coefficient (Wildman–Crippen LogP) is 7.90. The van der Waals surface area contributed by atoms with Gasteiger partial charge in [-0.25, -0.2) is 8.78 Å². The van der Waals surface area contributed by atoms with Crippen LogP contribution in [0.1, 0.15) is 96.0 Å². The maximum absolute atomic E-state index is 13.3. The highest BCUT2D eigenvalue weighted by atomic mass is 19.2. The molecule has 28 heavy (non-hydrogen) atoms. The molecule has 0 aromatic heterocycles. The summed E-state index contributed by atoms with van der Waals surface area (Å²) in [6, 6.07) is 3.93. The average molecular weight is 387 g/mol. The summed E-state index contributed by atoms with van der Waals surface area (Å²) in [4.78, 5) is 0. The number of unbranched alkanes of at least 4 members (excludes halogenated alkanes) is 3. The molecule has 2 aliphatic rings. The first-order chi connectivity index (χ1) is 13.7. The Bertz CT molecular complexity index is 653. The highest BCUT2D eigenvalue weighted by Gasteiger charge is 2.30. The van der Waals surface area contributed by atoms with E-state index < -0.39 is 11.6 Å². The van der Waals surface area contributed by atoms with Crippen LogP contribution in [0.25, 0.3) is 0 Å². The number of rotatable bonds is 6. The molecule has 1 aromatic carbocycles. The molecule has 0 spiro atoms. The third kappa shape index (κ3) is 6.33. The van der Waals surface area contributed by atoms with Crippen molar-refractivity contribution in [1.82, 2.24) is 0 Å². The molecule has 1 aromatic rings. The van der Waals surface area contributed by atoms with E-state index >= 15 is 0 Å². The van der Waals surface area contributed by atoms with Gasteiger partial charge in [-0.3, -0.25) is 0 Å². The van der Waals surface area contributed by atoms with E-state index in [2.05, 4.69) is 18.8 Å². The standard InChI is InChI=1S/C26H36F2/c1-2-3-4-5-6-20-9-14-23(15-10-20)24-16-11-21(12-17-24)7-8-22-13-18-25(27)26(28)19-22/h13,18-21,23-24H,2-6,9-12,14-17H2,1H3/t20-,21?,23-,24?. The van der Waals surface area contributed by atoms with Crippen LogP contribution in [0.4, 0.5) is 8.78 Å². The van der Waals surface area contributed by atoms with Crippen molar-refractivity contribution in [2.45, 2.75) is 90.4 Å². The molecule has 154 valence electrons. The van der Waals surface area contributed by atoms with E-state index in [1.807, 2.05) is 0 Å². The van der Waals surface area contributed by atoms with Gasteiger partial charge in [-0.15, -0.1) is 0 Å². The first-order valence-corrected chi connectivity index (χ1v) is 11.6. The Labute approximate surface area is 170 Å². The van der Waals surface area contributed by atoms with Crippen LogP contribution in [-0.4, -0.2) is 0 Å². The fraction of sp³-hybridized carbons (Fsp3) is 0.692. The van der Waals surface area contributed by atoms with Crippen molar-refractivity contribution in [2.75, 3.05) is 0 Å². The van der Waals surface area contributed by atoms with Gasteiger partial charge < -0.3 is 0 Å². The zero-order chi connectivity index (χ0) is 19.8. The minimum Gasteiger partial charge on any atom is -0.204 e. The van der Waals surface area contributed by atoms with Gasteiger partial charge in [0.15, 0.2) is 11.6 Å².